The zero-order chi connectivity index (χ0) is 19.4. The fourth-order valence-corrected chi connectivity index (χ4v) is 4.39. The first-order valence-corrected chi connectivity index (χ1v) is 10.5. The Balaban J connectivity index is 1.81. The van der Waals surface area contributed by atoms with E-state index in [0.29, 0.717) is 24.3 Å². The molecule has 1 aliphatic heterocycles. The monoisotopic (exact) mass is 387 g/mol. The summed E-state index contributed by atoms with van der Waals surface area (Å²) < 4.78 is 28.0. The van der Waals surface area contributed by atoms with E-state index in [9.17, 15) is 13.2 Å². The van der Waals surface area contributed by atoms with Gasteiger partial charge in [0.15, 0.2) is 0 Å². The highest BCUT2D eigenvalue weighted by Crippen LogP contribution is 2.20. The fourth-order valence-electron chi connectivity index (χ4n) is 3.30. The van der Waals surface area contributed by atoms with Gasteiger partial charge in [-0.05, 0) is 62.7 Å². The molecular formula is C20H25N3O3S. The molecule has 0 aromatic heterocycles. The third-order valence-corrected chi connectivity index (χ3v) is 6.16. The van der Waals surface area contributed by atoms with Crippen LogP contribution in [0.25, 0.3) is 0 Å². The highest BCUT2D eigenvalue weighted by molar-refractivity contribution is 7.92. The van der Waals surface area contributed by atoms with E-state index in [4.69, 9.17) is 0 Å². The van der Waals surface area contributed by atoms with Crippen LogP contribution in [0, 0.1) is 6.92 Å². The van der Waals surface area contributed by atoms with Crippen LogP contribution in [0.5, 0.6) is 0 Å². The number of nitrogens with zero attached hydrogens (tertiary/aromatic N) is 1. The lowest BCUT2D eigenvalue weighted by molar-refractivity contribution is 0.0698. The minimum Gasteiger partial charge on any atom is -0.337 e. The molecule has 2 aromatic carbocycles. The van der Waals surface area contributed by atoms with Crippen LogP contribution in [-0.2, 0) is 10.0 Å². The van der Waals surface area contributed by atoms with Crippen LogP contribution in [0.15, 0.2) is 53.4 Å². The van der Waals surface area contributed by atoms with Crippen molar-refractivity contribution in [2.45, 2.75) is 30.7 Å². The molecule has 1 saturated heterocycles. The van der Waals surface area contributed by atoms with Gasteiger partial charge in [-0.1, -0.05) is 18.2 Å². The van der Waals surface area contributed by atoms with Crippen molar-refractivity contribution in [2.24, 2.45) is 0 Å². The second-order valence-corrected chi connectivity index (χ2v) is 8.56. The molecule has 1 atom stereocenters. The summed E-state index contributed by atoms with van der Waals surface area (Å²) in [7, 11) is -1.87. The maximum absolute atomic E-state index is 12.8. The summed E-state index contributed by atoms with van der Waals surface area (Å²) in [5.41, 5.74) is 1.85. The van der Waals surface area contributed by atoms with Crippen LogP contribution < -0.4 is 10.0 Å². The predicted molar refractivity (Wildman–Crippen MR) is 106 cm³/mol. The van der Waals surface area contributed by atoms with E-state index in [1.807, 2.05) is 20.0 Å². The number of amides is 1. The topological polar surface area (TPSA) is 78.5 Å². The van der Waals surface area contributed by atoms with Crippen molar-refractivity contribution < 1.29 is 13.2 Å². The molecule has 2 aromatic rings. The van der Waals surface area contributed by atoms with Crippen LogP contribution in [0.2, 0.25) is 0 Å². The van der Waals surface area contributed by atoms with E-state index >= 15 is 0 Å². The first kappa shape index (κ1) is 19.4. The average molecular weight is 388 g/mol. The molecule has 0 bridgehead atoms. The number of carbonyl (C=O) groups is 1. The minimum atomic E-state index is -3.77. The number of aryl methyl sites for hydroxylation is 1. The molecule has 1 amide bonds. The molecule has 3 rings (SSSR count). The lowest BCUT2D eigenvalue weighted by Gasteiger charge is -2.32. The average Bonchev–Trinajstić information content (AvgIpc) is 2.67. The Labute approximate surface area is 160 Å². The van der Waals surface area contributed by atoms with Gasteiger partial charge in [0.2, 0.25) is 0 Å². The zero-order valence-corrected chi connectivity index (χ0v) is 16.4. The molecule has 0 radical (unpaired) electrons. The summed E-state index contributed by atoms with van der Waals surface area (Å²) >= 11 is 0. The Kier molecular flexibility index (Phi) is 5.82. The molecule has 27 heavy (non-hydrogen) atoms. The molecule has 0 saturated carbocycles. The maximum atomic E-state index is 12.8. The third-order valence-electron chi connectivity index (χ3n) is 4.78. The minimum absolute atomic E-state index is 0.0806. The van der Waals surface area contributed by atoms with Crippen LogP contribution >= 0.6 is 0 Å². The van der Waals surface area contributed by atoms with Crippen molar-refractivity contribution >= 4 is 21.6 Å². The van der Waals surface area contributed by atoms with Crippen molar-refractivity contribution in [3.8, 4) is 0 Å². The lowest BCUT2D eigenvalue weighted by atomic mass is 10.0. The van der Waals surface area contributed by atoms with Gasteiger partial charge in [-0.15, -0.1) is 0 Å². The molecule has 0 spiro atoms. The number of nitrogens with one attached hydrogen (secondary N) is 2. The highest BCUT2D eigenvalue weighted by atomic mass is 32.2. The van der Waals surface area contributed by atoms with Gasteiger partial charge in [0.25, 0.3) is 15.9 Å². The number of carbonyl (C=O) groups excluding carboxylic acids is 1. The molecule has 1 unspecified atom stereocenters. The predicted octanol–water partition coefficient (Wildman–Crippen LogP) is 2.62. The van der Waals surface area contributed by atoms with E-state index in [2.05, 4.69) is 10.0 Å². The van der Waals surface area contributed by atoms with Crippen LogP contribution in [0.3, 0.4) is 0 Å². The summed E-state index contributed by atoms with van der Waals surface area (Å²) in [6.07, 6.45) is 1.97. The second-order valence-electron chi connectivity index (χ2n) is 6.88. The number of piperidine rings is 1. The summed E-state index contributed by atoms with van der Waals surface area (Å²) in [5.74, 6) is -0.137. The molecule has 7 heteroatoms. The van der Waals surface area contributed by atoms with Gasteiger partial charge in [0.05, 0.1) is 4.90 Å². The Morgan fingerprint density at radius 1 is 1.15 bits per heavy atom. The number of likely N-dealkylation sites (N-methyl/N-ethyl adjacent to an activating group) is 1. The largest absolute Gasteiger partial charge is 0.337 e. The van der Waals surface area contributed by atoms with Crippen LogP contribution in [0.1, 0.15) is 28.8 Å². The summed E-state index contributed by atoms with van der Waals surface area (Å²) in [6.45, 7) is 3.22. The number of hydrogen-bond donors (Lipinski definition) is 2. The Morgan fingerprint density at radius 2 is 1.93 bits per heavy atom. The van der Waals surface area contributed by atoms with Crippen LogP contribution in [-0.4, -0.2) is 45.4 Å². The summed E-state index contributed by atoms with van der Waals surface area (Å²) in [4.78, 5) is 14.7. The number of anilines is 1. The number of benzene rings is 2. The quantitative estimate of drug-likeness (QED) is 0.827. The number of rotatable bonds is 5. The fraction of sp³-hybridized carbons (Fsp3) is 0.350. The first-order valence-electron chi connectivity index (χ1n) is 9.05. The zero-order valence-electron chi connectivity index (χ0n) is 15.6. The molecular weight excluding hydrogens is 362 g/mol. The number of likely N-dealkylation sites (tertiary alicyclic amines) is 1. The van der Waals surface area contributed by atoms with Gasteiger partial charge in [0.1, 0.15) is 0 Å². The summed E-state index contributed by atoms with van der Waals surface area (Å²) in [5, 5.41) is 3.21. The van der Waals surface area contributed by atoms with Gasteiger partial charge in [-0.3, -0.25) is 9.52 Å². The lowest BCUT2D eigenvalue weighted by Crippen LogP contribution is -2.47. The molecule has 1 aliphatic rings. The maximum Gasteiger partial charge on any atom is 0.261 e. The Bertz CT molecular complexity index is 928. The number of sulfonamides is 1. The van der Waals surface area contributed by atoms with Crippen molar-refractivity contribution in [1.82, 2.24) is 10.2 Å². The van der Waals surface area contributed by atoms with Gasteiger partial charge in [-0.2, -0.15) is 0 Å². The molecule has 2 N–H and O–H groups in total. The highest BCUT2D eigenvalue weighted by Gasteiger charge is 2.24. The molecule has 0 aliphatic carbocycles. The summed E-state index contributed by atoms with van der Waals surface area (Å²) in [6, 6.07) is 13.6. The smallest absolute Gasteiger partial charge is 0.261 e. The SMILES string of the molecule is CNC1CCCN(C(=O)c2cccc(S(=O)(=O)Nc3cccc(C)c3)c2)C1. The van der Waals surface area contributed by atoms with E-state index in [1.54, 1.807) is 35.2 Å². The first-order chi connectivity index (χ1) is 12.9. The van der Waals surface area contributed by atoms with Gasteiger partial charge < -0.3 is 10.2 Å². The second kappa shape index (κ2) is 8.10. The Hall–Kier alpha value is -2.38. The molecule has 144 valence electrons. The van der Waals surface area contributed by atoms with Gasteiger partial charge in [0, 0.05) is 30.4 Å². The van der Waals surface area contributed by atoms with Crippen molar-refractivity contribution in [1.29, 1.82) is 0 Å². The van der Waals surface area contributed by atoms with Gasteiger partial charge in [-0.25, -0.2) is 8.42 Å². The molecule has 1 fully saturated rings. The van der Waals surface area contributed by atoms with E-state index in [1.165, 1.54) is 12.1 Å². The van der Waals surface area contributed by atoms with E-state index in [-0.39, 0.29) is 16.8 Å². The van der Waals surface area contributed by atoms with Crippen molar-refractivity contribution in [2.75, 3.05) is 24.9 Å². The van der Waals surface area contributed by atoms with E-state index < -0.39 is 10.0 Å². The van der Waals surface area contributed by atoms with Gasteiger partial charge >= 0.3 is 0 Å². The van der Waals surface area contributed by atoms with Crippen LogP contribution in [0.4, 0.5) is 5.69 Å². The van der Waals surface area contributed by atoms with E-state index in [0.717, 1.165) is 18.4 Å². The van der Waals surface area contributed by atoms with Crippen molar-refractivity contribution in [3.05, 3.63) is 59.7 Å². The number of hydrogen-bond acceptors (Lipinski definition) is 4. The Morgan fingerprint density at radius 3 is 2.67 bits per heavy atom. The van der Waals surface area contributed by atoms with Crippen molar-refractivity contribution in [3.63, 3.8) is 0 Å². The molecule has 1 heterocycles. The standard InChI is InChI=1S/C20H25N3O3S/c1-15-6-3-8-17(12-15)22-27(25,26)19-10-4-7-16(13-19)20(24)23-11-5-9-18(14-23)21-2/h3-4,6-8,10,12-13,18,21-22H,5,9,11,14H2,1-2H3. The normalized spacial score (nSPS) is 17.6. The molecule has 6 nitrogen and oxygen atoms in total. The third kappa shape index (κ3) is 4.67.